The van der Waals surface area contributed by atoms with Crippen LogP contribution in [-0.2, 0) is 14.3 Å². The first-order valence-corrected chi connectivity index (χ1v) is 8.53. The van der Waals surface area contributed by atoms with Gasteiger partial charge in [-0.2, -0.15) is 0 Å². The predicted octanol–water partition coefficient (Wildman–Crippen LogP) is 2.54. The fraction of sp³-hybridized carbons (Fsp3) is 0.421. The van der Waals surface area contributed by atoms with E-state index in [1.165, 1.54) is 6.92 Å². The summed E-state index contributed by atoms with van der Waals surface area (Å²) in [7, 11) is 0. The molecule has 1 aliphatic rings. The van der Waals surface area contributed by atoms with Crippen LogP contribution < -0.4 is 0 Å². The lowest BCUT2D eigenvalue weighted by Crippen LogP contribution is -2.42. The number of esters is 1. The Bertz CT molecular complexity index is 811. The smallest absolute Gasteiger partial charge is 0.311 e. The molecule has 25 heavy (non-hydrogen) atoms. The summed E-state index contributed by atoms with van der Waals surface area (Å²) in [5.41, 5.74) is 1.39. The molecule has 1 fully saturated rings. The van der Waals surface area contributed by atoms with E-state index in [-0.39, 0.29) is 17.6 Å². The maximum Gasteiger partial charge on any atom is 0.311 e. The second-order valence-corrected chi connectivity index (χ2v) is 6.50. The molecule has 0 aliphatic carbocycles. The molecule has 1 amide bonds. The molecular weight excluding hydrogens is 320 g/mol. The van der Waals surface area contributed by atoms with Gasteiger partial charge in [0.1, 0.15) is 0 Å². The van der Waals surface area contributed by atoms with E-state index >= 15 is 0 Å². The molecule has 132 valence electrons. The summed E-state index contributed by atoms with van der Waals surface area (Å²) < 4.78 is 5.41. The van der Waals surface area contributed by atoms with Crippen LogP contribution in [-0.4, -0.2) is 46.7 Å². The van der Waals surface area contributed by atoms with Gasteiger partial charge in [-0.3, -0.25) is 14.4 Å². The van der Waals surface area contributed by atoms with Crippen molar-refractivity contribution in [3.63, 3.8) is 0 Å². The van der Waals surface area contributed by atoms with Crippen molar-refractivity contribution < 1.29 is 19.1 Å². The summed E-state index contributed by atoms with van der Waals surface area (Å²) in [5, 5.41) is 0.816. The van der Waals surface area contributed by atoms with Crippen LogP contribution in [0.2, 0.25) is 0 Å². The monoisotopic (exact) mass is 342 g/mol. The molecule has 0 spiro atoms. The van der Waals surface area contributed by atoms with E-state index in [2.05, 4.69) is 4.98 Å². The second kappa shape index (κ2) is 7.09. The number of fused-ring (bicyclic) bond motifs is 1. The van der Waals surface area contributed by atoms with Crippen LogP contribution in [0.15, 0.2) is 30.5 Å². The van der Waals surface area contributed by atoms with Gasteiger partial charge in [-0.05, 0) is 25.8 Å². The second-order valence-electron chi connectivity index (χ2n) is 6.50. The number of piperidine rings is 1. The van der Waals surface area contributed by atoms with Crippen LogP contribution in [0.4, 0.5) is 0 Å². The topological polar surface area (TPSA) is 79.5 Å². The van der Waals surface area contributed by atoms with Crippen LogP contribution in [0.1, 0.15) is 37.0 Å². The Labute approximate surface area is 146 Å². The van der Waals surface area contributed by atoms with Crippen molar-refractivity contribution in [3.05, 3.63) is 36.0 Å². The van der Waals surface area contributed by atoms with Gasteiger partial charge >= 0.3 is 5.97 Å². The SMILES string of the molecule is CC(=O)N1CCC[C@H](C(=O)O[C@H](C)C(=O)c2c[nH]c3ccccc23)C1. The van der Waals surface area contributed by atoms with Gasteiger partial charge in [0.05, 0.1) is 5.92 Å². The Kier molecular flexibility index (Phi) is 4.88. The number of rotatable bonds is 4. The fourth-order valence-electron chi connectivity index (χ4n) is 3.27. The van der Waals surface area contributed by atoms with Gasteiger partial charge in [0, 0.05) is 42.7 Å². The molecule has 0 radical (unpaired) electrons. The number of para-hydroxylation sites is 1. The number of Topliss-reactive ketones (excluding diaryl/α,β-unsaturated/α-hetero) is 1. The Morgan fingerprint density at radius 2 is 2.04 bits per heavy atom. The number of benzene rings is 1. The van der Waals surface area contributed by atoms with Crippen LogP contribution >= 0.6 is 0 Å². The number of amides is 1. The molecule has 1 aromatic heterocycles. The lowest BCUT2D eigenvalue weighted by molar-refractivity contribution is -0.154. The summed E-state index contributed by atoms with van der Waals surface area (Å²) in [6, 6.07) is 7.50. The number of ketones is 1. The Balaban J connectivity index is 1.67. The van der Waals surface area contributed by atoms with Crippen molar-refractivity contribution in [1.82, 2.24) is 9.88 Å². The van der Waals surface area contributed by atoms with Crippen LogP contribution in [0.5, 0.6) is 0 Å². The number of nitrogens with zero attached hydrogens (tertiary/aromatic N) is 1. The minimum Gasteiger partial charge on any atom is -0.454 e. The quantitative estimate of drug-likeness (QED) is 0.684. The molecule has 2 aromatic rings. The van der Waals surface area contributed by atoms with E-state index < -0.39 is 12.1 Å². The number of hydrogen-bond acceptors (Lipinski definition) is 4. The number of carbonyl (C=O) groups excluding carboxylic acids is 3. The van der Waals surface area contributed by atoms with Crippen LogP contribution in [0, 0.1) is 5.92 Å². The Hall–Kier alpha value is -2.63. The maximum absolute atomic E-state index is 12.6. The zero-order valence-electron chi connectivity index (χ0n) is 14.5. The lowest BCUT2D eigenvalue weighted by Gasteiger charge is -2.31. The van der Waals surface area contributed by atoms with E-state index in [0.29, 0.717) is 25.1 Å². The number of ether oxygens (including phenoxy) is 1. The molecule has 1 aliphatic heterocycles. The summed E-state index contributed by atoms with van der Waals surface area (Å²) in [6.45, 7) is 4.12. The standard InChI is InChI=1S/C19H22N2O4/c1-12(18(23)16-10-20-17-8-4-3-7-15(16)17)25-19(24)14-6-5-9-21(11-14)13(2)22/h3-4,7-8,10,12,14,20H,5-6,9,11H2,1-2H3/t12-,14+/m1/s1. The molecule has 0 unspecified atom stereocenters. The number of aromatic amines is 1. The number of likely N-dealkylation sites (tertiary alicyclic amines) is 1. The zero-order valence-corrected chi connectivity index (χ0v) is 14.5. The molecule has 1 aromatic carbocycles. The molecule has 0 saturated carbocycles. The third-order valence-corrected chi connectivity index (χ3v) is 4.72. The third kappa shape index (κ3) is 3.57. The number of nitrogens with one attached hydrogen (secondary N) is 1. The molecule has 0 bridgehead atoms. The maximum atomic E-state index is 12.6. The first-order valence-electron chi connectivity index (χ1n) is 8.53. The summed E-state index contributed by atoms with van der Waals surface area (Å²) >= 11 is 0. The molecule has 2 atom stereocenters. The minimum absolute atomic E-state index is 0.0413. The van der Waals surface area contributed by atoms with Gasteiger partial charge in [0.15, 0.2) is 6.10 Å². The molecule has 3 rings (SSSR count). The van der Waals surface area contributed by atoms with Crippen molar-refractivity contribution in [2.45, 2.75) is 32.8 Å². The first-order chi connectivity index (χ1) is 12.0. The van der Waals surface area contributed by atoms with E-state index in [1.807, 2.05) is 24.3 Å². The van der Waals surface area contributed by atoms with Gasteiger partial charge in [0.2, 0.25) is 11.7 Å². The number of H-pyrrole nitrogens is 1. The average Bonchev–Trinajstić information content (AvgIpc) is 3.05. The van der Waals surface area contributed by atoms with Crippen LogP contribution in [0.3, 0.4) is 0 Å². The summed E-state index contributed by atoms with van der Waals surface area (Å²) in [5.74, 6) is -1.05. The van der Waals surface area contributed by atoms with E-state index in [1.54, 1.807) is 18.0 Å². The highest BCUT2D eigenvalue weighted by molar-refractivity contribution is 6.10. The average molecular weight is 342 g/mol. The highest BCUT2D eigenvalue weighted by atomic mass is 16.5. The van der Waals surface area contributed by atoms with Gasteiger partial charge in [-0.1, -0.05) is 18.2 Å². The van der Waals surface area contributed by atoms with Gasteiger partial charge in [0.25, 0.3) is 0 Å². The van der Waals surface area contributed by atoms with E-state index in [4.69, 9.17) is 4.74 Å². The van der Waals surface area contributed by atoms with Crippen molar-refractivity contribution >= 4 is 28.6 Å². The number of carbonyl (C=O) groups is 3. The predicted molar refractivity (Wildman–Crippen MR) is 93.2 cm³/mol. The minimum atomic E-state index is -0.862. The number of aromatic nitrogens is 1. The molecular formula is C19H22N2O4. The summed E-state index contributed by atoms with van der Waals surface area (Å²) in [6.07, 6.45) is 2.23. The van der Waals surface area contributed by atoms with E-state index in [9.17, 15) is 14.4 Å². The van der Waals surface area contributed by atoms with Crippen LogP contribution in [0.25, 0.3) is 10.9 Å². The normalized spacial score (nSPS) is 18.8. The summed E-state index contributed by atoms with van der Waals surface area (Å²) in [4.78, 5) is 41.2. The van der Waals surface area contributed by atoms with Gasteiger partial charge in [-0.15, -0.1) is 0 Å². The first kappa shape index (κ1) is 17.2. The van der Waals surface area contributed by atoms with Crippen molar-refractivity contribution in [3.8, 4) is 0 Å². The largest absolute Gasteiger partial charge is 0.454 e. The third-order valence-electron chi connectivity index (χ3n) is 4.72. The Morgan fingerprint density at radius 1 is 1.28 bits per heavy atom. The van der Waals surface area contributed by atoms with Gasteiger partial charge in [-0.25, -0.2) is 0 Å². The highest BCUT2D eigenvalue weighted by Gasteiger charge is 2.31. The lowest BCUT2D eigenvalue weighted by atomic mass is 9.98. The molecule has 6 nitrogen and oxygen atoms in total. The molecule has 6 heteroatoms. The molecule has 1 saturated heterocycles. The van der Waals surface area contributed by atoms with Crippen molar-refractivity contribution in [2.75, 3.05) is 13.1 Å². The molecule has 2 heterocycles. The van der Waals surface area contributed by atoms with Gasteiger partial charge < -0.3 is 14.6 Å². The van der Waals surface area contributed by atoms with E-state index in [0.717, 1.165) is 17.3 Å². The zero-order chi connectivity index (χ0) is 18.0. The van der Waals surface area contributed by atoms with Crippen molar-refractivity contribution in [1.29, 1.82) is 0 Å². The Morgan fingerprint density at radius 3 is 2.80 bits per heavy atom. The fourth-order valence-corrected chi connectivity index (χ4v) is 3.27. The number of hydrogen-bond donors (Lipinski definition) is 1. The van der Waals surface area contributed by atoms with Crippen molar-refractivity contribution in [2.24, 2.45) is 5.92 Å². The highest BCUT2D eigenvalue weighted by Crippen LogP contribution is 2.22. The molecule has 1 N–H and O–H groups in total.